The quantitative estimate of drug-likeness (QED) is 0.829. The predicted octanol–water partition coefficient (Wildman–Crippen LogP) is 0.954. The van der Waals surface area contributed by atoms with Gasteiger partial charge in [-0.2, -0.15) is 0 Å². The highest BCUT2D eigenvalue weighted by Gasteiger charge is 2.17. The summed E-state index contributed by atoms with van der Waals surface area (Å²) in [5.74, 6) is -0.712. The smallest absolute Gasteiger partial charge is 0.304 e. The molecule has 0 spiro atoms. The van der Waals surface area contributed by atoms with Crippen LogP contribution in [0.4, 0.5) is 0 Å². The van der Waals surface area contributed by atoms with Crippen molar-refractivity contribution in [3.05, 3.63) is 16.8 Å². The molecule has 0 aliphatic rings. The third kappa shape index (κ3) is 2.82. The topological polar surface area (TPSA) is 89.4 Å². The number of carboxylic acids is 1. The van der Waals surface area contributed by atoms with E-state index in [1.54, 1.807) is 0 Å². The maximum Gasteiger partial charge on any atom is 0.304 e. The molecule has 13 heavy (non-hydrogen) atoms. The van der Waals surface area contributed by atoms with Gasteiger partial charge in [0.2, 0.25) is 0 Å². The molecule has 0 saturated carbocycles. The Balaban J connectivity index is 2.72. The predicted molar refractivity (Wildman–Crippen MR) is 48.3 cm³/mol. The van der Waals surface area contributed by atoms with E-state index in [1.807, 2.05) is 0 Å². The van der Waals surface area contributed by atoms with Gasteiger partial charge in [0.1, 0.15) is 5.76 Å². The monoisotopic (exact) mass is 248 g/mol. The van der Waals surface area contributed by atoms with E-state index in [1.165, 1.54) is 6.20 Å². The molecule has 3 N–H and O–H groups in total. The minimum absolute atomic E-state index is 0.0435. The summed E-state index contributed by atoms with van der Waals surface area (Å²) in [4.78, 5) is 14.6. The van der Waals surface area contributed by atoms with Crippen molar-refractivity contribution < 1.29 is 14.3 Å². The van der Waals surface area contributed by atoms with Crippen LogP contribution in [0.25, 0.3) is 0 Å². The summed E-state index contributed by atoms with van der Waals surface area (Å²) in [6.45, 7) is 0.230. The average molecular weight is 249 g/mol. The molecule has 1 heterocycles. The average Bonchev–Trinajstić information content (AvgIpc) is 2.47. The second-order valence-electron chi connectivity index (χ2n) is 2.55. The Labute approximate surface area is 83.1 Å². The largest absolute Gasteiger partial charge is 0.481 e. The summed E-state index contributed by atoms with van der Waals surface area (Å²) >= 11 is 3.03. The number of carbonyl (C=O) groups is 1. The standard InChI is InChI=1S/C7H9BrN2O3/c8-7-10-3-5(13-7)4(2-9)1-6(11)12/h3-4H,1-2,9H2,(H,11,12). The second kappa shape index (κ2) is 4.38. The lowest BCUT2D eigenvalue weighted by molar-refractivity contribution is -0.137. The highest BCUT2D eigenvalue weighted by atomic mass is 79.9. The highest BCUT2D eigenvalue weighted by molar-refractivity contribution is 9.10. The molecule has 0 saturated heterocycles. The number of hydrogen-bond donors (Lipinski definition) is 2. The first-order valence-electron chi connectivity index (χ1n) is 3.66. The van der Waals surface area contributed by atoms with E-state index < -0.39 is 5.97 Å². The zero-order valence-corrected chi connectivity index (χ0v) is 8.32. The maximum atomic E-state index is 10.4. The van der Waals surface area contributed by atoms with Crippen molar-refractivity contribution in [2.45, 2.75) is 12.3 Å². The lowest BCUT2D eigenvalue weighted by Crippen LogP contribution is -2.15. The molecule has 0 fully saturated rings. The van der Waals surface area contributed by atoms with E-state index >= 15 is 0 Å². The van der Waals surface area contributed by atoms with Crippen LogP contribution in [0.2, 0.25) is 0 Å². The van der Waals surface area contributed by atoms with E-state index in [2.05, 4.69) is 20.9 Å². The molecule has 1 atom stereocenters. The van der Waals surface area contributed by atoms with Gasteiger partial charge in [-0.25, -0.2) is 4.98 Å². The number of rotatable bonds is 4. The Morgan fingerprint density at radius 3 is 2.92 bits per heavy atom. The number of aliphatic carboxylic acids is 1. The summed E-state index contributed by atoms with van der Waals surface area (Å²) in [5.41, 5.74) is 5.40. The first-order chi connectivity index (χ1) is 6.13. The zero-order chi connectivity index (χ0) is 9.84. The Hall–Kier alpha value is -0.880. The van der Waals surface area contributed by atoms with Crippen LogP contribution < -0.4 is 5.73 Å². The molecule has 0 aliphatic carbocycles. The zero-order valence-electron chi connectivity index (χ0n) is 6.74. The van der Waals surface area contributed by atoms with Gasteiger partial charge in [0, 0.05) is 28.4 Å². The van der Waals surface area contributed by atoms with Crippen LogP contribution in [0.15, 0.2) is 15.4 Å². The number of oxazole rings is 1. The molecule has 1 aromatic rings. The van der Waals surface area contributed by atoms with Gasteiger partial charge in [0.15, 0.2) is 0 Å². The fourth-order valence-electron chi connectivity index (χ4n) is 0.964. The summed E-state index contributed by atoms with van der Waals surface area (Å²) in [6, 6.07) is 0. The SMILES string of the molecule is NCC(CC(=O)O)c1cnc(Br)o1. The number of aromatic nitrogens is 1. The van der Waals surface area contributed by atoms with Crippen molar-refractivity contribution >= 4 is 21.9 Å². The summed E-state index contributed by atoms with van der Waals surface area (Å²) in [6.07, 6.45) is 1.43. The Morgan fingerprint density at radius 1 is 1.85 bits per heavy atom. The maximum absolute atomic E-state index is 10.4. The fraction of sp³-hybridized carbons (Fsp3) is 0.429. The van der Waals surface area contributed by atoms with Gasteiger partial charge in [0.05, 0.1) is 12.6 Å². The van der Waals surface area contributed by atoms with Gasteiger partial charge in [0.25, 0.3) is 4.80 Å². The third-order valence-electron chi connectivity index (χ3n) is 1.60. The van der Waals surface area contributed by atoms with Gasteiger partial charge in [-0.05, 0) is 0 Å². The molecule has 72 valence electrons. The van der Waals surface area contributed by atoms with E-state index in [4.69, 9.17) is 15.3 Å². The molecule has 1 unspecified atom stereocenters. The van der Waals surface area contributed by atoms with Crippen molar-refractivity contribution in [1.82, 2.24) is 4.98 Å². The summed E-state index contributed by atoms with van der Waals surface area (Å²) < 4.78 is 5.10. The first kappa shape index (κ1) is 10.2. The van der Waals surface area contributed by atoms with Crippen LogP contribution in [0.3, 0.4) is 0 Å². The van der Waals surface area contributed by atoms with E-state index in [0.29, 0.717) is 10.6 Å². The number of hydrogen-bond acceptors (Lipinski definition) is 4. The Bertz CT molecular complexity index is 300. The van der Waals surface area contributed by atoms with Gasteiger partial charge in [-0.15, -0.1) is 0 Å². The van der Waals surface area contributed by atoms with Crippen LogP contribution in [0, 0.1) is 0 Å². The van der Waals surface area contributed by atoms with Crippen LogP contribution in [0.5, 0.6) is 0 Å². The second-order valence-corrected chi connectivity index (χ2v) is 3.22. The molecule has 1 aromatic heterocycles. The van der Waals surface area contributed by atoms with Gasteiger partial charge < -0.3 is 15.3 Å². The Kier molecular flexibility index (Phi) is 3.44. The van der Waals surface area contributed by atoms with Gasteiger partial charge in [-0.3, -0.25) is 4.79 Å². The van der Waals surface area contributed by atoms with Crippen molar-refractivity contribution in [3.63, 3.8) is 0 Å². The fourth-order valence-corrected chi connectivity index (χ4v) is 1.25. The molecule has 1 rings (SSSR count). The number of nitrogens with two attached hydrogens (primary N) is 1. The van der Waals surface area contributed by atoms with Crippen molar-refractivity contribution in [2.24, 2.45) is 5.73 Å². The normalized spacial score (nSPS) is 12.8. The van der Waals surface area contributed by atoms with Crippen molar-refractivity contribution in [1.29, 1.82) is 0 Å². The molecule has 0 radical (unpaired) electrons. The number of carboxylic acid groups (broad SMARTS) is 1. The minimum atomic E-state index is -0.900. The molecule has 5 nitrogen and oxygen atoms in total. The molecular weight excluding hydrogens is 240 g/mol. The summed E-state index contributed by atoms with van der Waals surface area (Å²) in [5, 5.41) is 8.55. The van der Waals surface area contributed by atoms with Gasteiger partial charge in [-0.1, -0.05) is 0 Å². The van der Waals surface area contributed by atoms with Crippen LogP contribution >= 0.6 is 15.9 Å². The lowest BCUT2D eigenvalue weighted by Gasteiger charge is -2.06. The van der Waals surface area contributed by atoms with Crippen LogP contribution in [-0.2, 0) is 4.79 Å². The van der Waals surface area contributed by atoms with E-state index in [9.17, 15) is 4.79 Å². The summed E-state index contributed by atoms with van der Waals surface area (Å²) in [7, 11) is 0. The lowest BCUT2D eigenvalue weighted by atomic mass is 10.0. The molecule has 0 aliphatic heterocycles. The Morgan fingerprint density at radius 2 is 2.54 bits per heavy atom. The van der Waals surface area contributed by atoms with Crippen LogP contribution in [0.1, 0.15) is 18.1 Å². The highest BCUT2D eigenvalue weighted by Crippen LogP contribution is 2.21. The van der Waals surface area contributed by atoms with E-state index in [0.717, 1.165) is 0 Å². The molecule has 0 amide bonds. The van der Waals surface area contributed by atoms with Crippen molar-refractivity contribution in [2.75, 3.05) is 6.54 Å². The molecule has 6 heteroatoms. The van der Waals surface area contributed by atoms with E-state index in [-0.39, 0.29) is 18.9 Å². The van der Waals surface area contributed by atoms with Gasteiger partial charge >= 0.3 is 5.97 Å². The third-order valence-corrected chi connectivity index (χ3v) is 1.97. The minimum Gasteiger partial charge on any atom is -0.481 e. The first-order valence-corrected chi connectivity index (χ1v) is 4.46. The molecular formula is C7H9BrN2O3. The van der Waals surface area contributed by atoms with Crippen LogP contribution in [-0.4, -0.2) is 22.6 Å². The molecule has 0 bridgehead atoms. The van der Waals surface area contributed by atoms with Crippen molar-refractivity contribution in [3.8, 4) is 0 Å². The number of halogens is 1. The number of nitrogens with zero attached hydrogens (tertiary/aromatic N) is 1. The molecule has 0 aromatic carbocycles.